The maximum absolute atomic E-state index is 12.3. The quantitative estimate of drug-likeness (QED) is 0.858. The van der Waals surface area contributed by atoms with Crippen molar-refractivity contribution in [2.45, 2.75) is 20.3 Å². The van der Waals surface area contributed by atoms with E-state index < -0.39 is 0 Å². The van der Waals surface area contributed by atoms with Gasteiger partial charge in [-0.3, -0.25) is 4.79 Å². The summed E-state index contributed by atoms with van der Waals surface area (Å²) in [4.78, 5) is 20.7. The van der Waals surface area contributed by atoms with Crippen LogP contribution in [0.25, 0.3) is 0 Å². The van der Waals surface area contributed by atoms with E-state index in [9.17, 15) is 4.79 Å². The number of nitrogens with zero attached hydrogens (tertiary/aromatic N) is 2. The van der Waals surface area contributed by atoms with Crippen molar-refractivity contribution in [1.29, 1.82) is 0 Å². The lowest BCUT2D eigenvalue weighted by Gasteiger charge is -2.09. The zero-order chi connectivity index (χ0) is 16.1. The van der Waals surface area contributed by atoms with E-state index in [0.29, 0.717) is 27.4 Å². The summed E-state index contributed by atoms with van der Waals surface area (Å²) in [6.07, 6.45) is 0.964. The molecule has 0 saturated heterocycles. The van der Waals surface area contributed by atoms with Gasteiger partial charge in [0.25, 0.3) is 5.91 Å². The van der Waals surface area contributed by atoms with Gasteiger partial charge < -0.3 is 10.6 Å². The molecule has 0 saturated carbocycles. The number of aryl methyl sites for hydroxylation is 1. The predicted octanol–water partition coefficient (Wildman–Crippen LogP) is 4.17. The smallest absolute Gasteiger partial charge is 0.274 e. The fourth-order valence-electron chi connectivity index (χ4n) is 1.85. The van der Waals surface area contributed by atoms with Crippen LogP contribution in [0, 0.1) is 6.92 Å². The maximum Gasteiger partial charge on any atom is 0.274 e. The first kappa shape index (κ1) is 16.5. The van der Waals surface area contributed by atoms with Crippen molar-refractivity contribution >= 4 is 40.6 Å². The highest BCUT2D eigenvalue weighted by molar-refractivity contribution is 6.35. The number of carbonyl (C=O) groups is 1. The molecule has 1 aromatic heterocycles. The van der Waals surface area contributed by atoms with Crippen LogP contribution in [0.5, 0.6) is 0 Å². The van der Waals surface area contributed by atoms with Gasteiger partial charge >= 0.3 is 0 Å². The molecule has 0 bridgehead atoms. The van der Waals surface area contributed by atoms with Crippen LogP contribution in [0.3, 0.4) is 0 Å². The molecule has 0 aliphatic carbocycles. The molecular weight excluding hydrogens is 323 g/mol. The van der Waals surface area contributed by atoms with Crippen LogP contribution in [-0.2, 0) is 0 Å². The first-order chi connectivity index (χ1) is 10.5. The molecule has 1 aromatic carbocycles. The van der Waals surface area contributed by atoms with Crippen LogP contribution >= 0.6 is 23.2 Å². The van der Waals surface area contributed by atoms with Gasteiger partial charge in [-0.1, -0.05) is 30.1 Å². The van der Waals surface area contributed by atoms with E-state index >= 15 is 0 Å². The first-order valence-corrected chi connectivity index (χ1v) is 7.60. The number of carbonyl (C=O) groups excluding carboxylic acids is 1. The minimum absolute atomic E-state index is 0.280. The Morgan fingerprint density at radius 1 is 1.14 bits per heavy atom. The van der Waals surface area contributed by atoms with Gasteiger partial charge in [-0.15, -0.1) is 0 Å². The molecule has 0 aliphatic rings. The first-order valence-electron chi connectivity index (χ1n) is 6.85. The number of nitrogens with one attached hydrogen (secondary N) is 2. The molecule has 1 amide bonds. The Morgan fingerprint density at radius 2 is 1.82 bits per heavy atom. The molecule has 2 aromatic rings. The molecule has 0 atom stereocenters. The molecule has 0 radical (unpaired) electrons. The highest BCUT2D eigenvalue weighted by atomic mass is 35.5. The summed E-state index contributed by atoms with van der Waals surface area (Å²) in [5.74, 6) is 0.808. The van der Waals surface area contributed by atoms with Crippen molar-refractivity contribution in [2.75, 3.05) is 17.2 Å². The van der Waals surface area contributed by atoms with Crippen molar-refractivity contribution in [3.8, 4) is 0 Å². The van der Waals surface area contributed by atoms with E-state index in [0.717, 1.165) is 13.0 Å². The van der Waals surface area contributed by atoms with E-state index in [4.69, 9.17) is 23.2 Å². The molecule has 0 spiro atoms. The number of amides is 1. The van der Waals surface area contributed by atoms with Gasteiger partial charge in [0.2, 0.25) is 0 Å². The maximum atomic E-state index is 12.3. The average molecular weight is 339 g/mol. The van der Waals surface area contributed by atoms with E-state index in [1.54, 1.807) is 31.2 Å². The summed E-state index contributed by atoms with van der Waals surface area (Å²) >= 11 is 11.8. The van der Waals surface area contributed by atoms with Crippen molar-refractivity contribution in [3.05, 3.63) is 45.8 Å². The van der Waals surface area contributed by atoms with Gasteiger partial charge in [0.1, 0.15) is 17.3 Å². The summed E-state index contributed by atoms with van der Waals surface area (Å²) < 4.78 is 0. The zero-order valence-corrected chi connectivity index (χ0v) is 13.8. The number of rotatable bonds is 5. The van der Waals surface area contributed by atoms with E-state index in [1.807, 2.05) is 0 Å². The summed E-state index contributed by atoms with van der Waals surface area (Å²) in [7, 11) is 0. The van der Waals surface area contributed by atoms with Crippen LogP contribution in [0.4, 0.5) is 11.5 Å². The Balaban J connectivity index is 2.19. The highest BCUT2D eigenvalue weighted by Crippen LogP contribution is 2.23. The minimum atomic E-state index is -0.344. The Labute approximate surface area is 139 Å². The number of anilines is 2. The van der Waals surface area contributed by atoms with Gasteiger partial charge in [-0.25, -0.2) is 9.97 Å². The monoisotopic (exact) mass is 338 g/mol. The molecule has 0 fully saturated rings. The predicted molar refractivity (Wildman–Crippen MR) is 90.0 cm³/mol. The summed E-state index contributed by atoms with van der Waals surface area (Å²) in [5, 5.41) is 6.77. The lowest BCUT2D eigenvalue weighted by Crippen LogP contribution is -2.16. The summed E-state index contributed by atoms with van der Waals surface area (Å²) in [6.45, 7) is 4.57. The van der Waals surface area contributed by atoms with Gasteiger partial charge in [-0.05, 0) is 31.5 Å². The lowest BCUT2D eigenvalue weighted by molar-refractivity contribution is 0.102. The Morgan fingerprint density at radius 3 is 2.45 bits per heavy atom. The number of benzene rings is 1. The number of hydrogen-bond acceptors (Lipinski definition) is 4. The fraction of sp³-hybridized carbons (Fsp3) is 0.267. The summed E-state index contributed by atoms with van der Waals surface area (Å²) in [6, 6.07) is 6.45. The van der Waals surface area contributed by atoms with Gasteiger partial charge in [0, 0.05) is 28.3 Å². The molecule has 2 rings (SSSR count). The Hall–Kier alpha value is -1.85. The third kappa shape index (κ3) is 4.58. The van der Waals surface area contributed by atoms with Crippen LogP contribution in [-0.4, -0.2) is 22.4 Å². The third-order valence-electron chi connectivity index (χ3n) is 2.75. The number of hydrogen-bond donors (Lipinski definition) is 2. The molecule has 0 unspecified atom stereocenters. The van der Waals surface area contributed by atoms with Crippen LogP contribution < -0.4 is 10.6 Å². The fourth-order valence-corrected chi connectivity index (χ4v) is 2.37. The lowest BCUT2D eigenvalue weighted by atomic mass is 10.3. The average Bonchev–Trinajstić information content (AvgIpc) is 2.43. The topological polar surface area (TPSA) is 66.9 Å². The Bertz CT molecular complexity index is 671. The molecule has 0 aliphatic heterocycles. The molecule has 5 nitrogen and oxygen atoms in total. The van der Waals surface area contributed by atoms with Crippen LogP contribution in [0.15, 0.2) is 24.3 Å². The van der Waals surface area contributed by atoms with Crippen molar-refractivity contribution in [1.82, 2.24) is 9.97 Å². The molecule has 116 valence electrons. The SMILES string of the molecule is CCCNc1cc(C(=O)Nc2cc(Cl)cc(Cl)c2)nc(C)n1. The van der Waals surface area contributed by atoms with Gasteiger partial charge in [-0.2, -0.15) is 0 Å². The molecular formula is C15H16Cl2N4O. The van der Waals surface area contributed by atoms with E-state index in [-0.39, 0.29) is 11.6 Å². The Kier molecular flexibility index (Phi) is 5.57. The molecule has 7 heteroatoms. The molecule has 2 N–H and O–H groups in total. The minimum Gasteiger partial charge on any atom is -0.370 e. The second-order valence-corrected chi connectivity index (χ2v) is 5.60. The van der Waals surface area contributed by atoms with Gasteiger partial charge in [0.05, 0.1) is 0 Å². The van der Waals surface area contributed by atoms with Crippen molar-refractivity contribution < 1.29 is 4.79 Å². The largest absolute Gasteiger partial charge is 0.370 e. The molecule has 22 heavy (non-hydrogen) atoms. The second-order valence-electron chi connectivity index (χ2n) is 4.72. The highest BCUT2D eigenvalue weighted by Gasteiger charge is 2.11. The summed E-state index contributed by atoms with van der Waals surface area (Å²) in [5.41, 5.74) is 0.795. The standard InChI is InChI=1S/C15H16Cl2N4O/c1-3-4-18-14-8-13(19-9(2)20-14)15(22)21-12-6-10(16)5-11(17)7-12/h5-8H,3-4H2,1-2H3,(H,21,22)(H,18,19,20). The van der Waals surface area contributed by atoms with Crippen LogP contribution in [0.1, 0.15) is 29.7 Å². The number of halogens is 2. The normalized spacial score (nSPS) is 10.4. The van der Waals surface area contributed by atoms with Crippen LogP contribution in [0.2, 0.25) is 10.0 Å². The van der Waals surface area contributed by atoms with E-state index in [2.05, 4.69) is 27.5 Å². The van der Waals surface area contributed by atoms with E-state index in [1.165, 1.54) is 0 Å². The third-order valence-corrected chi connectivity index (χ3v) is 3.18. The van der Waals surface area contributed by atoms with Crippen molar-refractivity contribution in [2.24, 2.45) is 0 Å². The number of aromatic nitrogens is 2. The van der Waals surface area contributed by atoms with Gasteiger partial charge in [0.15, 0.2) is 0 Å². The second kappa shape index (κ2) is 7.42. The van der Waals surface area contributed by atoms with Crippen molar-refractivity contribution in [3.63, 3.8) is 0 Å². The molecule has 1 heterocycles. The zero-order valence-electron chi connectivity index (χ0n) is 12.3.